The van der Waals surface area contributed by atoms with Crippen molar-refractivity contribution in [2.24, 2.45) is 0 Å². The number of hydrogen-bond donors (Lipinski definition) is 2. The molecule has 1 aromatic carbocycles. The maximum absolute atomic E-state index is 12.4. The number of benzene rings is 1. The van der Waals surface area contributed by atoms with Crippen molar-refractivity contribution in [3.05, 3.63) is 35.9 Å². The zero-order valence-corrected chi connectivity index (χ0v) is 12.0. The van der Waals surface area contributed by atoms with E-state index in [-0.39, 0.29) is 11.9 Å². The molecular weight excluding hydrogens is 248 g/mol. The third-order valence-corrected chi connectivity index (χ3v) is 4.70. The van der Waals surface area contributed by atoms with Crippen molar-refractivity contribution >= 4 is 5.91 Å². The fourth-order valence-corrected chi connectivity index (χ4v) is 3.59. The first-order valence-electron chi connectivity index (χ1n) is 7.93. The van der Waals surface area contributed by atoms with Crippen LogP contribution in [-0.4, -0.2) is 24.5 Å². The third-order valence-electron chi connectivity index (χ3n) is 4.70. The second-order valence-corrected chi connectivity index (χ2v) is 6.07. The molecule has 3 heteroatoms. The highest BCUT2D eigenvalue weighted by atomic mass is 16.2. The molecule has 3 atom stereocenters. The minimum atomic E-state index is 0.0285. The predicted molar refractivity (Wildman–Crippen MR) is 80.6 cm³/mol. The maximum Gasteiger partial charge on any atom is 0.237 e. The Balaban J connectivity index is 1.62. The molecule has 1 aliphatic carbocycles. The molecule has 1 aliphatic heterocycles. The molecule has 1 amide bonds. The SMILES string of the molecule is O=C(NC1CCCC1c1ccccc1)C1CCCCN1. The highest BCUT2D eigenvalue weighted by Crippen LogP contribution is 2.34. The lowest BCUT2D eigenvalue weighted by Crippen LogP contribution is -2.50. The van der Waals surface area contributed by atoms with Gasteiger partial charge in [0, 0.05) is 12.0 Å². The van der Waals surface area contributed by atoms with E-state index in [0.717, 1.165) is 25.8 Å². The van der Waals surface area contributed by atoms with Crippen molar-refractivity contribution in [3.8, 4) is 0 Å². The van der Waals surface area contributed by atoms with Crippen LogP contribution in [0.3, 0.4) is 0 Å². The molecule has 0 bridgehead atoms. The van der Waals surface area contributed by atoms with Crippen molar-refractivity contribution in [1.29, 1.82) is 0 Å². The fraction of sp³-hybridized carbons (Fsp3) is 0.588. The molecule has 0 radical (unpaired) electrons. The highest BCUT2D eigenvalue weighted by molar-refractivity contribution is 5.82. The van der Waals surface area contributed by atoms with Crippen LogP contribution in [0.2, 0.25) is 0 Å². The Bertz CT molecular complexity index is 440. The molecular formula is C17H24N2O. The number of carbonyl (C=O) groups excluding carboxylic acids is 1. The lowest BCUT2D eigenvalue weighted by atomic mass is 9.93. The Hall–Kier alpha value is -1.35. The Labute approximate surface area is 121 Å². The van der Waals surface area contributed by atoms with Crippen LogP contribution in [0.15, 0.2) is 30.3 Å². The molecule has 0 aromatic heterocycles. The smallest absolute Gasteiger partial charge is 0.237 e. The number of nitrogens with one attached hydrogen (secondary N) is 2. The van der Waals surface area contributed by atoms with Crippen LogP contribution >= 0.6 is 0 Å². The van der Waals surface area contributed by atoms with Gasteiger partial charge in [0.1, 0.15) is 0 Å². The van der Waals surface area contributed by atoms with Gasteiger partial charge in [-0.15, -0.1) is 0 Å². The van der Waals surface area contributed by atoms with Gasteiger partial charge in [-0.05, 0) is 37.8 Å². The average Bonchev–Trinajstić information content (AvgIpc) is 2.97. The summed E-state index contributed by atoms with van der Waals surface area (Å²) >= 11 is 0. The van der Waals surface area contributed by atoms with E-state index in [9.17, 15) is 4.79 Å². The van der Waals surface area contributed by atoms with Crippen molar-refractivity contribution in [1.82, 2.24) is 10.6 Å². The van der Waals surface area contributed by atoms with Crippen molar-refractivity contribution < 1.29 is 4.79 Å². The van der Waals surface area contributed by atoms with Gasteiger partial charge in [0.05, 0.1) is 6.04 Å². The van der Waals surface area contributed by atoms with E-state index in [0.29, 0.717) is 12.0 Å². The quantitative estimate of drug-likeness (QED) is 0.888. The Morgan fingerprint density at radius 3 is 2.65 bits per heavy atom. The van der Waals surface area contributed by atoms with Gasteiger partial charge in [-0.3, -0.25) is 4.79 Å². The van der Waals surface area contributed by atoms with Crippen LogP contribution in [0.1, 0.15) is 50.0 Å². The van der Waals surface area contributed by atoms with Crippen molar-refractivity contribution in [2.45, 2.75) is 56.5 Å². The summed E-state index contributed by atoms with van der Waals surface area (Å²) in [7, 11) is 0. The van der Waals surface area contributed by atoms with Crippen LogP contribution in [0.25, 0.3) is 0 Å². The number of carbonyl (C=O) groups is 1. The summed E-state index contributed by atoms with van der Waals surface area (Å²) in [4.78, 5) is 12.4. The van der Waals surface area contributed by atoms with Crippen molar-refractivity contribution in [2.75, 3.05) is 6.54 Å². The van der Waals surface area contributed by atoms with E-state index >= 15 is 0 Å². The standard InChI is InChI=1S/C17H24N2O/c20-17(16-10-4-5-12-18-16)19-15-11-6-9-14(15)13-7-2-1-3-8-13/h1-3,7-8,14-16,18H,4-6,9-12H2,(H,19,20). The van der Waals surface area contributed by atoms with Gasteiger partial charge in [0.2, 0.25) is 5.91 Å². The predicted octanol–water partition coefficient (Wildman–Crippen LogP) is 2.58. The molecule has 1 heterocycles. The minimum absolute atomic E-state index is 0.0285. The number of hydrogen-bond acceptors (Lipinski definition) is 2. The zero-order chi connectivity index (χ0) is 13.8. The number of piperidine rings is 1. The van der Waals surface area contributed by atoms with Crippen LogP contribution in [-0.2, 0) is 4.79 Å². The number of amides is 1. The van der Waals surface area contributed by atoms with Gasteiger partial charge >= 0.3 is 0 Å². The first-order chi connectivity index (χ1) is 9.84. The van der Waals surface area contributed by atoms with E-state index < -0.39 is 0 Å². The monoisotopic (exact) mass is 272 g/mol. The number of rotatable bonds is 3. The molecule has 20 heavy (non-hydrogen) atoms. The van der Waals surface area contributed by atoms with E-state index in [4.69, 9.17) is 0 Å². The van der Waals surface area contributed by atoms with Gasteiger partial charge in [0.15, 0.2) is 0 Å². The van der Waals surface area contributed by atoms with Gasteiger partial charge in [-0.25, -0.2) is 0 Å². The lowest BCUT2D eigenvalue weighted by Gasteiger charge is -2.27. The molecule has 0 spiro atoms. The molecule has 2 fully saturated rings. The van der Waals surface area contributed by atoms with Gasteiger partial charge in [-0.2, -0.15) is 0 Å². The molecule has 2 aliphatic rings. The summed E-state index contributed by atoms with van der Waals surface area (Å²) < 4.78 is 0. The van der Waals surface area contributed by atoms with Gasteiger partial charge in [-0.1, -0.05) is 43.2 Å². The molecule has 108 valence electrons. The molecule has 3 rings (SSSR count). The third kappa shape index (κ3) is 3.04. The molecule has 3 nitrogen and oxygen atoms in total. The highest BCUT2D eigenvalue weighted by Gasteiger charge is 2.31. The largest absolute Gasteiger partial charge is 0.351 e. The molecule has 1 saturated heterocycles. The molecule has 1 saturated carbocycles. The zero-order valence-electron chi connectivity index (χ0n) is 12.0. The fourth-order valence-electron chi connectivity index (χ4n) is 3.59. The van der Waals surface area contributed by atoms with E-state index in [1.165, 1.54) is 24.8 Å². The summed E-state index contributed by atoms with van der Waals surface area (Å²) in [6.45, 7) is 0.977. The van der Waals surface area contributed by atoms with E-state index in [1.54, 1.807) is 0 Å². The lowest BCUT2D eigenvalue weighted by molar-refractivity contribution is -0.124. The summed E-state index contributed by atoms with van der Waals surface area (Å²) in [5.74, 6) is 0.696. The minimum Gasteiger partial charge on any atom is -0.351 e. The Kier molecular flexibility index (Phi) is 4.36. The Morgan fingerprint density at radius 1 is 1.05 bits per heavy atom. The first kappa shape index (κ1) is 13.6. The molecule has 2 N–H and O–H groups in total. The first-order valence-corrected chi connectivity index (χ1v) is 7.93. The van der Waals surface area contributed by atoms with Crippen LogP contribution in [0.5, 0.6) is 0 Å². The second-order valence-electron chi connectivity index (χ2n) is 6.07. The second kappa shape index (κ2) is 6.40. The van der Waals surface area contributed by atoms with Gasteiger partial charge < -0.3 is 10.6 Å². The van der Waals surface area contributed by atoms with Crippen molar-refractivity contribution in [3.63, 3.8) is 0 Å². The summed E-state index contributed by atoms with van der Waals surface area (Å²) in [6.07, 6.45) is 6.85. The molecule has 3 unspecified atom stereocenters. The van der Waals surface area contributed by atoms with Crippen LogP contribution < -0.4 is 10.6 Å². The topological polar surface area (TPSA) is 41.1 Å². The Morgan fingerprint density at radius 2 is 1.90 bits per heavy atom. The summed E-state index contributed by atoms with van der Waals surface area (Å²) in [5.41, 5.74) is 1.37. The normalized spacial score (nSPS) is 30.1. The average molecular weight is 272 g/mol. The maximum atomic E-state index is 12.4. The summed E-state index contributed by atoms with van der Waals surface area (Å²) in [6, 6.07) is 11.0. The summed E-state index contributed by atoms with van der Waals surface area (Å²) in [5, 5.41) is 6.63. The van der Waals surface area contributed by atoms with Crippen LogP contribution in [0, 0.1) is 0 Å². The van der Waals surface area contributed by atoms with Crippen LogP contribution in [0.4, 0.5) is 0 Å². The van der Waals surface area contributed by atoms with E-state index in [2.05, 4.69) is 41.0 Å². The van der Waals surface area contributed by atoms with E-state index in [1.807, 2.05) is 0 Å². The van der Waals surface area contributed by atoms with Gasteiger partial charge in [0.25, 0.3) is 0 Å². The molecule has 1 aromatic rings.